The summed E-state index contributed by atoms with van der Waals surface area (Å²) in [5, 5.41) is 3.02. The first-order chi connectivity index (χ1) is 8.09. The van der Waals surface area contributed by atoms with Crippen LogP contribution in [0.4, 0.5) is 0 Å². The molecule has 0 spiro atoms. The van der Waals surface area contributed by atoms with Crippen LogP contribution in [-0.4, -0.2) is 10.1 Å². The van der Waals surface area contributed by atoms with Gasteiger partial charge < -0.3 is 0 Å². The summed E-state index contributed by atoms with van der Waals surface area (Å²) in [5.74, 6) is 0. The smallest absolute Gasteiger partial charge is 0.0348 e. The second kappa shape index (κ2) is 4.98. The van der Waals surface area contributed by atoms with Gasteiger partial charge in [0.1, 0.15) is 0 Å². The van der Waals surface area contributed by atoms with E-state index in [1.165, 1.54) is 10.6 Å². The molecule has 0 amide bonds. The van der Waals surface area contributed by atoms with E-state index < -0.39 is 0 Å². The Morgan fingerprint density at radius 3 is 2.06 bits per heavy atom. The molecule has 1 nitrogen and oxygen atoms in total. The minimum atomic E-state index is -0.354. The third-order valence-corrected chi connectivity index (χ3v) is 5.53. The van der Waals surface area contributed by atoms with E-state index in [-0.39, 0.29) is 13.1 Å². The van der Waals surface area contributed by atoms with Crippen LogP contribution in [0.15, 0.2) is 54.9 Å². The van der Waals surface area contributed by atoms with Crippen molar-refractivity contribution in [1.82, 2.24) is 4.98 Å². The van der Waals surface area contributed by atoms with E-state index in [2.05, 4.69) is 62.2 Å². The molecular weight excluding hydrogens is 225 g/mol. The average Bonchev–Trinajstić information content (AvgIpc) is 2.30. The van der Waals surface area contributed by atoms with E-state index in [1.54, 1.807) is 0 Å². The molecule has 1 atom stereocenters. The zero-order valence-electron chi connectivity index (χ0n) is 10.6. The van der Waals surface area contributed by atoms with E-state index >= 15 is 0 Å². The highest BCUT2D eigenvalue weighted by Gasteiger charge is 2.27. The van der Waals surface area contributed by atoms with Gasteiger partial charge in [-0.2, -0.15) is 0 Å². The van der Waals surface area contributed by atoms with Crippen molar-refractivity contribution < 1.29 is 0 Å². The van der Waals surface area contributed by atoms with Crippen LogP contribution in [-0.2, 0) is 0 Å². The highest BCUT2D eigenvalue weighted by Crippen LogP contribution is 2.46. The SMILES string of the molecule is CC(C)(C)[P@@](c1ccccc1)c1cccnc1. The van der Waals surface area contributed by atoms with Gasteiger partial charge in [-0.25, -0.2) is 0 Å². The minimum Gasteiger partial charge on any atom is -0.264 e. The number of hydrogen-bond donors (Lipinski definition) is 0. The third kappa shape index (κ3) is 2.92. The molecule has 0 aliphatic rings. The predicted octanol–water partition coefficient (Wildman–Crippen LogP) is 3.31. The summed E-state index contributed by atoms with van der Waals surface area (Å²) in [6, 6.07) is 15.0. The molecule has 2 rings (SSSR count). The van der Waals surface area contributed by atoms with Crippen LogP contribution in [0.1, 0.15) is 20.8 Å². The van der Waals surface area contributed by atoms with Crippen molar-refractivity contribution >= 4 is 18.5 Å². The van der Waals surface area contributed by atoms with Gasteiger partial charge in [0.05, 0.1) is 0 Å². The van der Waals surface area contributed by atoms with Gasteiger partial charge in [-0.3, -0.25) is 4.98 Å². The molecule has 0 saturated heterocycles. The van der Waals surface area contributed by atoms with Crippen molar-refractivity contribution in [3.05, 3.63) is 54.9 Å². The van der Waals surface area contributed by atoms with Gasteiger partial charge in [0, 0.05) is 12.4 Å². The normalized spacial score (nSPS) is 13.4. The standard InChI is InChI=1S/C15H18NP/c1-15(2,3)17(13-8-5-4-6-9-13)14-10-7-11-16-12-14/h4-12H,1-3H3/t17-/m0/s1. The quantitative estimate of drug-likeness (QED) is 0.737. The number of aromatic nitrogens is 1. The minimum absolute atomic E-state index is 0.250. The first kappa shape index (κ1) is 12.3. The molecule has 0 radical (unpaired) electrons. The maximum absolute atomic E-state index is 4.26. The van der Waals surface area contributed by atoms with Crippen molar-refractivity contribution in [2.45, 2.75) is 25.9 Å². The Morgan fingerprint density at radius 2 is 1.53 bits per heavy atom. The van der Waals surface area contributed by atoms with E-state index in [9.17, 15) is 0 Å². The number of hydrogen-bond acceptors (Lipinski definition) is 1. The van der Waals surface area contributed by atoms with E-state index in [4.69, 9.17) is 0 Å². The van der Waals surface area contributed by atoms with Crippen molar-refractivity contribution in [3.63, 3.8) is 0 Å². The van der Waals surface area contributed by atoms with Crippen LogP contribution in [0.2, 0.25) is 0 Å². The fourth-order valence-electron chi connectivity index (χ4n) is 1.99. The Bertz CT molecular complexity index is 420. The molecule has 1 heterocycles. The van der Waals surface area contributed by atoms with E-state index in [0.29, 0.717) is 0 Å². The molecule has 2 heteroatoms. The highest BCUT2D eigenvalue weighted by atomic mass is 31.1. The highest BCUT2D eigenvalue weighted by molar-refractivity contribution is 7.74. The van der Waals surface area contributed by atoms with Gasteiger partial charge in [-0.05, 0) is 29.8 Å². The van der Waals surface area contributed by atoms with Crippen LogP contribution >= 0.6 is 7.92 Å². The molecule has 17 heavy (non-hydrogen) atoms. The van der Waals surface area contributed by atoms with Crippen LogP contribution in [0, 0.1) is 0 Å². The molecular formula is C15H18NP. The molecule has 0 aliphatic heterocycles. The molecule has 0 saturated carbocycles. The van der Waals surface area contributed by atoms with Gasteiger partial charge in [-0.1, -0.05) is 57.2 Å². The second-order valence-electron chi connectivity index (χ2n) is 5.05. The lowest BCUT2D eigenvalue weighted by molar-refractivity contribution is 0.793. The third-order valence-electron chi connectivity index (χ3n) is 2.59. The van der Waals surface area contributed by atoms with Crippen LogP contribution in [0.5, 0.6) is 0 Å². The summed E-state index contributed by atoms with van der Waals surface area (Å²) < 4.78 is 0. The fourth-order valence-corrected chi connectivity index (χ4v) is 4.72. The maximum Gasteiger partial charge on any atom is 0.0348 e. The Hall–Kier alpha value is -1.20. The summed E-state index contributed by atoms with van der Waals surface area (Å²) in [7, 11) is -0.354. The topological polar surface area (TPSA) is 12.9 Å². The average molecular weight is 243 g/mol. The molecule has 1 aromatic heterocycles. The second-order valence-corrected chi connectivity index (χ2v) is 8.10. The zero-order chi connectivity index (χ0) is 12.3. The Kier molecular flexibility index (Phi) is 3.59. The molecule has 88 valence electrons. The van der Waals surface area contributed by atoms with Crippen LogP contribution in [0.25, 0.3) is 0 Å². The Morgan fingerprint density at radius 1 is 0.882 bits per heavy atom. The van der Waals surface area contributed by atoms with Gasteiger partial charge in [-0.15, -0.1) is 0 Å². The molecule has 2 aromatic rings. The van der Waals surface area contributed by atoms with Gasteiger partial charge >= 0.3 is 0 Å². The van der Waals surface area contributed by atoms with Gasteiger partial charge in [0.25, 0.3) is 0 Å². The van der Waals surface area contributed by atoms with Gasteiger partial charge in [0.2, 0.25) is 0 Å². The maximum atomic E-state index is 4.26. The molecule has 0 aliphatic carbocycles. The van der Waals surface area contributed by atoms with Crippen LogP contribution < -0.4 is 10.6 Å². The molecule has 0 fully saturated rings. The lowest BCUT2D eigenvalue weighted by Crippen LogP contribution is -2.26. The number of pyridine rings is 1. The molecule has 0 unspecified atom stereocenters. The summed E-state index contributed by atoms with van der Waals surface area (Å²) in [5.41, 5.74) is 0. The van der Waals surface area contributed by atoms with Crippen molar-refractivity contribution in [2.24, 2.45) is 0 Å². The zero-order valence-corrected chi connectivity index (χ0v) is 11.5. The lowest BCUT2D eigenvalue weighted by atomic mass is 10.3. The van der Waals surface area contributed by atoms with Crippen molar-refractivity contribution in [3.8, 4) is 0 Å². The van der Waals surface area contributed by atoms with Crippen molar-refractivity contribution in [2.75, 3.05) is 0 Å². The number of rotatable bonds is 2. The van der Waals surface area contributed by atoms with Crippen molar-refractivity contribution in [1.29, 1.82) is 0 Å². The monoisotopic (exact) mass is 243 g/mol. The molecule has 1 aromatic carbocycles. The van der Waals surface area contributed by atoms with Gasteiger partial charge in [0.15, 0.2) is 0 Å². The summed E-state index contributed by atoms with van der Waals surface area (Å²) in [6.45, 7) is 6.91. The number of nitrogens with zero attached hydrogens (tertiary/aromatic N) is 1. The van der Waals surface area contributed by atoms with Crippen LogP contribution in [0.3, 0.4) is 0 Å². The largest absolute Gasteiger partial charge is 0.264 e. The summed E-state index contributed by atoms with van der Waals surface area (Å²) >= 11 is 0. The predicted molar refractivity (Wildman–Crippen MR) is 76.6 cm³/mol. The van der Waals surface area contributed by atoms with E-state index in [1.807, 2.05) is 18.5 Å². The molecule has 0 bridgehead atoms. The fraction of sp³-hybridized carbons (Fsp3) is 0.267. The summed E-state index contributed by atoms with van der Waals surface area (Å²) in [4.78, 5) is 4.26. The molecule has 0 N–H and O–H groups in total. The summed E-state index contributed by atoms with van der Waals surface area (Å²) in [6.07, 6.45) is 3.84. The first-order valence-corrected chi connectivity index (χ1v) is 7.18. The lowest BCUT2D eigenvalue weighted by Gasteiger charge is -2.31. The first-order valence-electron chi connectivity index (χ1n) is 5.84. The number of benzene rings is 1. The Balaban J connectivity index is 2.48. The Labute approximate surface area is 105 Å². The van der Waals surface area contributed by atoms with E-state index in [0.717, 1.165) is 0 Å².